The van der Waals surface area contributed by atoms with Crippen molar-refractivity contribution in [2.45, 2.75) is 0 Å². The van der Waals surface area contributed by atoms with Crippen LogP contribution >= 0.6 is 0 Å². The fourth-order valence-electron chi connectivity index (χ4n) is 3.71. The highest BCUT2D eigenvalue weighted by atomic mass is 16.5. The number of carbonyl (C=O) groups is 2. The Bertz CT molecular complexity index is 1560. The third-order valence-electron chi connectivity index (χ3n) is 5.72. The Morgan fingerprint density at radius 2 is 1.27 bits per heavy atom. The number of hydrogen-bond donors (Lipinski definition) is 3. The summed E-state index contributed by atoms with van der Waals surface area (Å²) in [6, 6.07) is 22.8. The molecule has 0 fully saturated rings. The lowest BCUT2D eigenvalue weighted by Crippen LogP contribution is -2.11. The molecule has 0 aliphatic heterocycles. The lowest BCUT2D eigenvalue weighted by molar-refractivity contribution is 0.101. The third-order valence-corrected chi connectivity index (χ3v) is 5.72. The first-order valence-electron chi connectivity index (χ1n) is 11.4. The molecule has 0 saturated carbocycles. The van der Waals surface area contributed by atoms with Gasteiger partial charge in [-0.15, -0.1) is 0 Å². The number of ether oxygens (including phenoxy) is 2. The molecule has 0 atom stereocenters. The molecule has 3 aromatic carbocycles. The molecule has 0 spiro atoms. The maximum absolute atomic E-state index is 12.6. The number of H-pyrrole nitrogens is 1. The average Bonchev–Trinajstić information content (AvgIpc) is 3.37. The van der Waals surface area contributed by atoms with E-state index >= 15 is 0 Å². The predicted octanol–water partition coefficient (Wildman–Crippen LogP) is 5.15. The van der Waals surface area contributed by atoms with E-state index in [1.165, 1.54) is 0 Å². The van der Waals surface area contributed by atoms with Gasteiger partial charge in [0.2, 0.25) is 0 Å². The van der Waals surface area contributed by atoms with Gasteiger partial charge in [0.1, 0.15) is 17.3 Å². The van der Waals surface area contributed by atoms with Crippen LogP contribution in [0.3, 0.4) is 0 Å². The average molecular weight is 494 g/mol. The highest BCUT2D eigenvalue weighted by Gasteiger charge is 2.11. The molecular formula is C28H23N5O4. The first-order valence-corrected chi connectivity index (χ1v) is 11.4. The molecule has 5 rings (SSSR count). The first kappa shape index (κ1) is 23.6. The van der Waals surface area contributed by atoms with Gasteiger partial charge in [-0.1, -0.05) is 0 Å². The molecule has 5 aromatic rings. The van der Waals surface area contributed by atoms with Crippen molar-refractivity contribution in [1.82, 2.24) is 15.0 Å². The number of hydrogen-bond acceptors (Lipinski definition) is 6. The number of aromatic amines is 1. The van der Waals surface area contributed by atoms with Gasteiger partial charge in [-0.05, 0) is 78.9 Å². The van der Waals surface area contributed by atoms with Crippen molar-refractivity contribution in [3.63, 3.8) is 0 Å². The van der Waals surface area contributed by atoms with E-state index in [4.69, 9.17) is 9.47 Å². The highest BCUT2D eigenvalue weighted by Crippen LogP contribution is 2.24. The van der Waals surface area contributed by atoms with E-state index < -0.39 is 0 Å². The fraction of sp³-hybridized carbons (Fsp3) is 0.0714. The van der Waals surface area contributed by atoms with Gasteiger partial charge < -0.3 is 25.1 Å². The normalized spacial score (nSPS) is 10.6. The van der Waals surface area contributed by atoms with Gasteiger partial charge >= 0.3 is 0 Å². The molecule has 0 bridgehead atoms. The minimum Gasteiger partial charge on any atom is -0.497 e. The molecule has 2 heterocycles. The Balaban J connectivity index is 1.27. The molecule has 2 amide bonds. The number of nitrogens with one attached hydrogen (secondary N) is 3. The van der Waals surface area contributed by atoms with E-state index in [0.29, 0.717) is 51.0 Å². The van der Waals surface area contributed by atoms with Crippen LogP contribution in [0.4, 0.5) is 11.4 Å². The first-order chi connectivity index (χ1) is 18.0. The SMILES string of the molecule is COc1ccc(C(=O)Nc2ccc(-c3nc4ncc(NC(=O)c5ccc(OC)cc5)cc4[nH]3)cc2)cc1. The molecule has 0 aliphatic carbocycles. The largest absolute Gasteiger partial charge is 0.497 e. The van der Waals surface area contributed by atoms with Crippen LogP contribution in [0.5, 0.6) is 11.5 Å². The minimum atomic E-state index is -0.254. The summed E-state index contributed by atoms with van der Waals surface area (Å²) in [5.74, 6) is 1.52. The molecule has 2 aromatic heterocycles. The Hall–Kier alpha value is -5.18. The summed E-state index contributed by atoms with van der Waals surface area (Å²) in [5.41, 5.74) is 4.26. The number of rotatable bonds is 7. The number of benzene rings is 3. The van der Waals surface area contributed by atoms with E-state index in [1.54, 1.807) is 87.1 Å². The number of pyridine rings is 1. The maximum Gasteiger partial charge on any atom is 0.255 e. The van der Waals surface area contributed by atoms with E-state index in [0.717, 1.165) is 5.56 Å². The Morgan fingerprint density at radius 1 is 0.730 bits per heavy atom. The van der Waals surface area contributed by atoms with Gasteiger partial charge in [0.25, 0.3) is 11.8 Å². The zero-order chi connectivity index (χ0) is 25.8. The molecule has 37 heavy (non-hydrogen) atoms. The summed E-state index contributed by atoms with van der Waals surface area (Å²) in [5, 5.41) is 5.72. The Morgan fingerprint density at radius 3 is 1.81 bits per heavy atom. The molecule has 9 heteroatoms. The van der Waals surface area contributed by atoms with Gasteiger partial charge in [-0.2, -0.15) is 0 Å². The van der Waals surface area contributed by atoms with Crippen LogP contribution in [0.25, 0.3) is 22.6 Å². The molecule has 9 nitrogen and oxygen atoms in total. The van der Waals surface area contributed by atoms with E-state index in [9.17, 15) is 9.59 Å². The number of methoxy groups -OCH3 is 2. The minimum absolute atomic E-state index is 0.215. The summed E-state index contributed by atoms with van der Waals surface area (Å²) in [6.07, 6.45) is 1.56. The number of anilines is 2. The predicted molar refractivity (Wildman–Crippen MR) is 141 cm³/mol. The second-order valence-electron chi connectivity index (χ2n) is 8.12. The zero-order valence-electron chi connectivity index (χ0n) is 20.1. The Kier molecular flexibility index (Phi) is 6.50. The number of carbonyl (C=O) groups excluding carboxylic acids is 2. The van der Waals surface area contributed by atoms with Crippen molar-refractivity contribution in [3.8, 4) is 22.9 Å². The van der Waals surface area contributed by atoms with Crippen LogP contribution in [-0.4, -0.2) is 41.0 Å². The van der Waals surface area contributed by atoms with Crippen molar-refractivity contribution in [2.24, 2.45) is 0 Å². The van der Waals surface area contributed by atoms with Crippen molar-refractivity contribution >= 4 is 34.4 Å². The van der Waals surface area contributed by atoms with Gasteiger partial charge in [-0.25, -0.2) is 9.97 Å². The standard InChI is InChI=1S/C28H23N5O4/c1-36-22-11-5-18(6-12-22)27(34)30-20-9-3-17(4-10-20)25-32-24-15-21(16-29-26(24)33-25)31-28(35)19-7-13-23(37-2)14-8-19/h3-16H,1-2H3,(H,30,34)(H,31,35)(H,29,32,33). The number of imidazole rings is 1. The smallest absolute Gasteiger partial charge is 0.255 e. The zero-order valence-corrected chi connectivity index (χ0v) is 20.1. The van der Waals surface area contributed by atoms with E-state index in [2.05, 4.69) is 25.6 Å². The van der Waals surface area contributed by atoms with Gasteiger partial charge in [0, 0.05) is 22.4 Å². The van der Waals surface area contributed by atoms with Crippen LogP contribution in [0.2, 0.25) is 0 Å². The summed E-state index contributed by atoms with van der Waals surface area (Å²) in [4.78, 5) is 37.2. The van der Waals surface area contributed by atoms with Crippen LogP contribution in [0.15, 0.2) is 85.1 Å². The number of nitrogens with zero attached hydrogens (tertiary/aromatic N) is 2. The topological polar surface area (TPSA) is 118 Å². The monoisotopic (exact) mass is 493 g/mol. The van der Waals surface area contributed by atoms with Crippen LogP contribution < -0.4 is 20.1 Å². The van der Waals surface area contributed by atoms with Gasteiger partial charge in [0.05, 0.1) is 31.6 Å². The molecule has 0 aliphatic rings. The van der Waals surface area contributed by atoms with Crippen LogP contribution in [0, 0.1) is 0 Å². The van der Waals surface area contributed by atoms with Gasteiger partial charge in [0.15, 0.2) is 5.65 Å². The lowest BCUT2D eigenvalue weighted by atomic mass is 10.1. The lowest BCUT2D eigenvalue weighted by Gasteiger charge is -2.07. The highest BCUT2D eigenvalue weighted by molar-refractivity contribution is 6.05. The third kappa shape index (κ3) is 5.25. The second kappa shape index (κ2) is 10.2. The van der Waals surface area contributed by atoms with Gasteiger partial charge in [-0.3, -0.25) is 9.59 Å². The molecule has 0 unspecified atom stereocenters. The number of aromatic nitrogens is 3. The number of amides is 2. The van der Waals surface area contributed by atoms with Crippen molar-refractivity contribution < 1.29 is 19.1 Å². The number of fused-ring (bicyclic) bond motifs is 1. The molecular weight excluding hydrogens is 470 g/mol. The fourth-order valence-corrected chi connectivity index (χ4v) is 3.71. The second-order valence-corrected chi connectivity index (χ2v) is 8.12. The maximum atomic E-state index is 12.6. The van der Waals surface area contributed by atoms with Crippen LogP contribution in [-0.2, 0) is 0 Å². The summed E-state index contributed by atoms with van der Waals surface area (Å²) in [6.45, 7) is 0. The summed E-state index contributed by atoms with van der Waals surface area (Å²) in [7, 11) is 3.15. The van der Waals surface area contributed by atoms with Crippen molar-refractivity contribution in [1.29, 1.82) is 0 Å². The van der Waals surface area contributed by atoms with E-state index in [-0.39, 0.29) is 11.8 Å². The molecule has 0 radical (unpaired) electrons. The Labute approximate surface area is 212 Å². The van der Waals surface area contributed by atoms with Crippen molar-refractivity contribution in [3.05, 3.63) is 96.2 Å². The molecule has 3 N–H and O–H groups in total. The quantitative estimate of drug-likeness (QED) is 0.289. The summed E-state index contributed by atoms with van der Waals surface area (Å²) >= 11 is 0. The summed E-state index contributed by atoms with van der Waals surface area (Å²) < 4.78 is 10.3. The van der Waals surface area contributed by atoms with Crippen molar-refractivity contribution in [2.75, 3.05) is 24.9 Å². The molecule has 184 valence electrons. The van der Waals surface area contributed by atoms with Crippen LogP contribution in [0.1, 0.15) is 20.7 Å². The van der Waals surface area contributed by atoms with E-state index in [1.807, 2.05) is 12.1 Å². The molecule has 0 saturated heterocycles.